The monoisotopic (exact) mass is 282 g/mol. The fourth-order valence-electron chi connectivity index (χ4n) is 4.15. The van der Waals surface area contributed by atoms with Crippen LogP contribution in [0.15, 0.2) is 0 Å². The van der Waals surface area contributed by atoms with Crippen LogP contribution in [0.1, 0.15) is 46.5 Å². The van der Waals surface area contributed by atoms with Gasteiger partial charge in [-0.05, 0) is 48.3 Å². The molecule has 0 spiro atoms. The number of esters is 2. The molecule has 3 atom stereocenters. The topological polar surface area (TPSA) is 52.6 Å². The number of fused-ring (bicyclic) bond motifs is 1. The molecule has 2 aliphatic carbocycles. The summed E-state index contributed by atoms with van der Waals surface area (Å²) in [5.74, 6) is -0.334. The summed E-state index contributed by atoms with van der Waals surface area (Å²) in [7, 11) is 2.63. The Morgan fingerprint density at radius 1 is 1.15 bits per heavy atom. The molecule has 0 aromatic rings. The molecule has 2 unspecified atom stereocenters. The lowest BCUT2D eigenvalue weighted by Gasteiger charge is -2.35. The van der Waals surface area contributed by atoms with E-state index in [9.17, 15) is 9.59 Å². The highest BCUT2D eigenvalue weighted by Gasteiger charge is 2.66. The van der Waals surface area contributed by atoms with Gasteiger partial charge in [-0.2, -0.15) is 0 Å². The molecule has 0 N–H and O–H groups in total. The molecule has 0 aromatic carbocycles. The fourth-order valence-corrected chi connectivity index (χ4v) is 4.15. The molecule has 2 fully saturated rings. The molecule has 2 saturated carbocycles. The van der Waals surface area contributed by atoms with Gasteiger partial charge in [-0.25, -0.2) is 0 Å². The van der Waals surface area contributed by atoms with E-state index in [0.717, 1.165) is 12.3 Å². The van der Waals surface area contributed by atoms with Crippen molar-refractivity contribution in [2.75, 3.05) is 14.2 Å². The minimum atomic E-state index is -0.773. The van der Waals surface area contributed by atoms with Gasteiger partial charge in [-0.15, -0.1) is 0 Å². The number of carbonyl (C=O) groups is 2. The van der Waals surface area contributed by atoms with E-state index in [2.05, 4.69) is 20.8 Å². The van der Waals surface area contributed by atoms with Crippen molar-refractivity contribution in [3.05, 3.63) is 0 Å². The van der Waals surface area contributed by atoms with Crippen LogP contribution in [-0.4, -0.2) is 26.2 Å². The van der Waals surface area contributed by atoms with Crippen molar-refractivity contribution in [2.24, 2.45) is 28.6 Å². The molecule has 0 amide bonds. The molecule has 114 valence electrons. The molecule has 2 aliphatic rings. The fraction of sp³-hybridized carbons (Fsp3) is 0.875. The van der Waals surface area contributed by atoms with Crippen molar-refractivity contribution in [2.45, 2.75) is 46.5 Å². The zero-order valence-corrected chi connectivity index (χ0v) is 13.2. The summed E-state index contributed by atoms with van der Waals surface area (Å²) in [6, 6.07) is 0. The number of rotatable bonds is 5. The summed E-state index contributed by atoms with van der Waals surface area (Å²) < 4.78 is 9.42. The molecule has 20 heavy (non-hydrogen) atoms. The predicted molar refractivity (Wildman–Crippen MR) is 74.9 cm³/mol. The molecule has 0 heterocycles. The van der Waals surface area contributed by atoms with Gasteiger partial charge in [0.25, 0.3) is 0 Å². The van der Waals surface area contributed by atoms with Gasteiger partial charge in [0.2, 0.25) is 0 Å². The molecular weight excluding hydrogens is 256 g/mol. The van der Waals surface area contributed by atoms with Gasteiger partial charge in [0, 0.05) is 0 Å². The largest absolute Gasteiger partial charge is 0.468 e. The molecule has 4 nitrogen and oxygen atoms in total. The molecule has 2 rings (SSSR count). The Labute approximate surface area is 121 Å². The second-order valence-corrected chi connectivity index (χ2v) is 7.15. The van der Waals surface area contributed by atoms with Gasteiger partial charge < -0.3 is 9.47 Å². The minimum Gasteiger partial charge on any atom is -0.468 e. The van der Waals surface area contributed by atoms with Crippen molar-refractivity contribution in [1.82, 2.24) is 0 Å². The summed E-state index contributed by atoms with van der Waals surface area (Å²) in [5.41, 5.74) is 0.748. The van der Waals surface area contributed by atoms with E-state index in [0.29, 0.717) is 17.8 Å². The average molecular weight is 282 g/mol. The maximum Gasteiger partial charge on any atom is 0.320 e. The number of methoxy groups -OCH3 is 2. The zero-order valence-electron chi connectivity index (χ0n) is 13.2. The van der Waals surface area contributed by atoms with Crippen LogP contribution in [0, 0.1) is 28.6 Å². The normalized spacial score (nSPS) is 33.7. The first kappa shape index (κ1) is 15.3. The third-order valence-electron chi connectivity index (χ3n) is 6.25. The van der Waals surface area contributed by atoms with Crippen LogP contribution in [0.4, 0.5) is 0 Å². The Bertz CT molecular complexity index is 399. The maximum atomic E-state index is 11.7. The molecule has 0 saturated heterocycles. The lowest BCUT2D eigenvalue weighted by atomic mass is 9.69. The van der Waals surface area contributed by atoms with Crippen molar-refractivity contribution in [3.8, 4) is 0 Å². The number of carbonyl (C=O) groups excluding carboxylic acids is 2. The lowest BCUT2D eigenvalue weighted by Crippen LogP contribution is -2.31. The minimum absolute atomic E-state index is 0.286. The Morgan fingerprint density at radius 2 is 1.70 bits per heavy atom. The van der Waals surface area contributed by atoms with E-state index >= 15 is 0 Å². The Balaban J connectivity index is 1.97. The molecule has 4 heteroatoms. The number of hydrogen-bond donors (Lipinski definition) is 0. The van der Waals surface area contributed by atoms with E-state index in [-0.39, 0.29) is 5.41 Å². The Hall–Kier alpha value is -1.06. The molecule has 0 aromatic heterocycles. The predicted octanol–water partition coefficient (Wildman–Crippen LogP) is 2.80. The smallest absolute Gasteiger partial charge is 0.320 e. The summed E-state index contributed by atoms with van der Waals surface area (Å²) in [4.78, 5) is 23.4. The SMILES string of the molecule is COC(=O)C(CCC1CC2C[C@]2(C)C1(C)C)C(=O)OC. The summed E-state index contributed by atoms with van der Waals surface area (Å²) in [6.07, 6.45) is 3.96. The molecule has 0 radical (unpaired) electrons. The Kier molecular flexibility index (Phi) is 3.87. The van der Waals surface area contributed by atoms with Crippen LogP contribution >= 0.6 is 0 Å². The highest BCUT2D eigenvalue weighted by Crippen LogP contribution is 2.74. The van der Waals surface area contributed by atoms with Crippen molar-refractivity contribution in [1.29, 1.82) is 0 Å². The first-order chi connectivity index (χ1) is 9.27. The van der Waals surface area contributed by atoms with Crippen LogP contribution in [0.25, 0.3) is 0 Å². The van der Waals surface area contributed by atoms with E-state index in [1.807, 2.05) is 0 Å². The third kappa shape index (κ3) is 2.23. The van der Waals surface area contributed by atoms with Crippen LogP contribution in [0.5, 0.6) is 0 Å². The van der Waals surface area contributed by atoms with E-state index in [1.54, 1.807) is 0 Å². The van der Waals surface area contributed by atoms with Crippen molar-refractivity contribution < 1.29 is 19.1 Å². The average Bonchev–Trinajstić information content (AvgIpc) is 3.04. The molecular formula is C16H26O4. The first-order valence-electron chi connectivity index (χ1n) is 7.43. The quantitative estimate of drug-likeness (QED) is 0.575. The van der Waals surface area contributed by atoms with Crippen LogP contribution in [-0.2, 0) is 19.1 Å². The number of ether oxygens (including phenoxy) is 2. The summed E-state index contributed by atoms with van der Waals surface area (Å²) in [5, 5.41) is 0. The van der Waals surface area contributed by atoms with E-state index < -0.39 is 17.9 Å². The van der Waals surface area contributed by atoms with E-state index in [1.165, 1.54) is 27.1 Å². The molecule has 0 bridgehead atoms. The van der Waals surface area contributed by atoms with Crippen LogP contribution < -0.4 is 0 Å². The third-order valence-corrected chi connectivity index (χ3v) is 6.25. The lowest BCUT2D eigenvalue weighted by molar-refractivity contribution is -0.159. The second-order valence-electron chi connectivity index (χ2n) is 7.15. The molecule has 0 aliphatic heterocycles. The summed E-state index contributed by atoms with van der Waals surface area (Å²) >= 11 is 0. The second kappa shape index (κ2) is 5.05. The van der Waals surface area contributed by atoms with Gasteiger partial charge >= 0.3 is 11.9 Å². The maximum absolute atomic E-state index is 11.7. The van der Waals surface area contributed by atoms with Gasteiger partial charge in [-0.3, -0.25) is 9.59 Å². The van der Waals surface area contributed by atoms with E-state index in [4.69, 9.17) is 9.47 Å². The Morgan fingerprint density at radius 3 is 2.10 bits per heavy atom. The highest BCUT2D eigenvalue weighted by molar-refractivity contribution is 5.94. The van der Waals surface area contributed by atoms with Gasteiger partial charge in [0.1, 0.15) is 0 Å². The summed E-state index contributed by atoms with van der Waals surface area (Å²) in [6.45, 7) is 7.03. The van der Waals surface area contributed by atoms with Gasteiger partial charge in [0.05, 0.1) is 14.2 Å². The standard InChI is InChI=1S/C16H26O4/c1-15(2)10(8-11-9-16(11,15)3)6-7-12(13(17)19-4)14(18)20-5/h10-12H,6-9H2,1-5H3/t10?,11?,16-/m0/s1. The van der Waals surface area contributed by atoms with Gasteiger partial charge in [0.15, 0.2) is 5.92 Å². The van der Waals surface area contributed by atoms with Crippen molar-refractivity contribution >= 4 is 11.9 Å². The first-order valence-corrected chi connectivity index (χ1v) is 7.43. The highest BCUT2D eigenvalue weighted by atomic mass is 16.5. The van der Waals surface area contributed by atoms with Crippen molar-refractivity contribution in [3.63, 3.8) is 0 Å². The van der Waals surface area contributed by atoms with Crippen LogP contribution in [0.3, 0.4) is 0 Å². The number of hydrogen-bond acceptors (Lipinski definition) is 4. The van der Waals surface area contributed by atoms with Crippen LogP contribution in [0.2, 0.25) is 0 Å². The van der Waals surface area contributed by atoms with Gasteiger partial charge in [-0.1, -0.05) is 20.8 Å². The zero-order chi connectivity index (χ0) is 15.1.